The minimum absolute atomic E-state index is 0.855. The van der Waals surface area contributed by atoms with Crippen LogP contribution in [0.15, 0.2) is 9.21 Å². The largest absolute Gasteiger partial charge is 0.301 e. The van der Waals surface area contributed by atoms with E-state index in [1.54, 1.807) is 0 Å². The van der Waals surface area contributed by atoms with Gasteiger partial charge >= 0.3 is 0 Å². The Hall–Kier alpha value is -0.0700. The third kappa shape index (κ3) is 1.18. The van der Waals surface area contributed by atoms with E-state index in [4.69, 9.17) is 0 Å². The minimum Gasteiger partial charge on any atom is -0.301 e. The highest BCUT2D eigenvalue weighted by Crippen LogP contribution is 2.28. The lowest BCUT2D eigenvalue weighted by atomic mass is 10.6. The first-order chi connectivity index (χ1) is 5.70. The Morgan fingerprint density at radius 2 is 2.25 bits per heavy atom. The Balaban J connectivity index is 2.52. The van der Waals surface area contributed by atoms with Gasteiger partial charge < -0.3 is 4.57 Å². The lowest BCUT2D eigenvalue weighted by molar-refractivity contribution is 0.520. The van der Waals surface area contributed by atoms with Gasteiger partial charge in [0.05, 0.1) is 0 Å². The van der Waals surface area contributed by atoms with Gasteiger partial charge in [0, 0.05) is 20.1 Å². The Morgan fingerprint density at radius 3 is 2.92 bits per heavy atom. The van der Waals surface area contributed by atoms with Gasteiger partial charge in [0.15, 0.2) is 0 Å². The van der Waals surface area contributed by atoms with E-state index in [0.29, 0.717) is 0 Å². The summed E-state index contributed by atoms with van der Waals surface area (Å²) in [5.41, 5.74) is 3.19. The maximum absolute atomic E-state index is 4.33. The van der Waals surface area contributed by atoms with Crippen LogP contribution in [0.25, 0.3) is 0 Å². The van der Waals surface area contributed by atoms with Crippen molar-refractivity contribution < 1.29 is 0 Å². The molecule has 2 rings (SSSR count). The van der Waals surface area contributed by atoms with Crippen molar-refractivity contribution >= 4 is 37.8 Å². The molecule has 0 radical (unpaired) electrons. The van der Waals surface area contributed by atoms with Crippen LogP contribution in [0.3, 0.4) is 0 Å². The van der Waals surface area contributed by atoms with E-state index in [2.05, 4.69) is 46.8 Å². The number of anilines is 1. The van der Waals surface area contributed by atoms with Gasteiger partial charge in [0.2, 0.25) is 5.95 Å². The Morgan fingerprint density at radius 1 is 1.50 bits per heavy atom. The zero-order chi connectivity index (χ0) is 8.72. The zero-order valence-electron chi connectivity index (χ0n) is 6.51. The first kappa shape index (κ1) is 8.52. The van der Waals surface area contributed by atoms with Gasteiger partial charge in [-0.05, 0) is 31.9 Å². The molecule has 0 saturated heterocycles. The molecule has 0 saturated carbocycles. The molecule has 0 unspecified atom stereocenters. The molecular weight excluding hydrogens is 288 g/mol. The molecular formula is C6H8Br2N4. The third-order valence-corrected chi connectivity index (χ3v) is 3.72. The minimum atomic E-state index is 0.855. The van der Waals surface area contributed by atoms with Crippen LogP contribution in [0.4, 0.5) is 5.95 Å². The van der Waals surface area contributed by atoms with Crippen molar-refractivity contribution in [1.29, 1.82) is 0 Å². The van der Waals surface area contributed by atoms with Gasteiger partial charge in [0.1, 0.15) is 9.21 Å². The highest BCUT2D eigenvalue weighted by Gasteiger charge is 2.19. The van der Waals surface area contributed by atoms with Crippen molar-refractivity contribution in [2.75, 3.05) is 18.6 Å². The quantitative estimate of drug-likeness (QED) is 0.785. The number of hydrogen-bond acceptors (Lipinski definition) is 3. The second-order valence-electron chi connectivity index (χ2n) is 2.61. The van der Waals surface area contributed by atoms with Crippen LogP contribution in [0.1, 0.15) is 0 Å². The highest BCUT2D eigenvalue weighted by atomic mass is 79.9. The number of hydrogen-bond donors (Lipinski definition) is 1. The van der Waals surface area contributed by atoms with Gasteiger partial charge in [0.25, 0.3) is 0 Å². The molecule has 0 amide bonds. The van der Waals surface area contributed by atoms with Crippen LogP contribution in [0.2, 0.25) is 0 Å². The van der Waals surface area contributed by atoms with E-state index in [0.717, 1.165) is 28.2 Å². The van der Waals surface area contributed by atoms with Crippen molar-refractivity contribution in [3.8, 4) is 0 Å². The zero-order valence-corrected chi connectivity index (χ0v) is 9.68. The fourth-order valence-electron chi connectivity index (χ4n) is 1.25. The van der Waals surface area contributed by atoms with Gasteiger partial charge in [-0.2, -0.15) is 0 Å². The van der Waals surface area contributed by atoms with Gasteiger partial charge in [-0.25, -0.2) is 10.4 Å². The molecule has 1 aromatic heterocycles. The molecule has 1 aliphatic rings. The average molecular weight is 296 g/mol. The summed E-state index contributed by atoms with van der Waals surface area (Å²) in [6.45, 7) is 1.88. The standard InChI is InChI=1S/C6H8Br2N4/c1-11-6-10-4(7)5(8)12(6)3-2-9-11/h9H,2-3H2,1H3. The maximum Gasteiger partial charge on any atom is 0.221 e. The molecule has 1 N–H and O–H groups in total. The summed E-state index contributed by atoms with van der Waals surface area (Å²) < 4.78 is 3.97. The van der Waals surface area contributed by atoms with Crippen molar-refractivity contribution in [2.24, 2.45) is 0 Å². The summed E-state index contributed by atoms with van der Waals surface area (Å²) >= 11 is 6.83. The molecule has 0 spiro atoms. The molecule has 0 bridgehead atoms. The summed E-state index contributed by atoms with van der Waals surface area (Å²) in [5.74, 6) is 0.931. The molecule has 2 heterocycles. The Labute approximate surface area is 87.2 Å². The summed E-state index contributed by atoms with van der Waals surface area (Å²) in [7, 11) is 1.96. The number of nitrogens with one attached hydrogen (secondary N) is 1. The Kier molecular flexibility index (Phi) is 2.14. The van der Waals surface area contributed by atoms with E-state index in [1.165, 1.54) is 0 Å². The first-order valence-electron chi connectivity index (χ1n) is 3.59. The molecule has 0 aromatic carbocycles. The van der Waals surface area contributed by atoms with Crippen molar-refractivity contribution in [3.05, 3.63) is 9.21 Å². The van der Waals surface area contributed by atoms with Gasteiger partial charge in [-0.15, -0.1) is 0 Å². The topological polar surface area (TPSA) is 33.1 Å². The van der Waals surface area contributed by atoms with Gasteiger partial charge in [-0.3, -0.25) is 5.01 Å². The lowest BCUT2D eigenvalue weighted by Gasteiger charge is -2.25. The summed E-state index contributed by atoms with van der Waals surface area (Å²) in [6.07, 6.45) is 0. The summed E-state index contributed by atoms with van der Waals surface area (Å²) in [5, 5.41) is 1.92. The molecule has 1 aromatic rings. The molecule has 1 aliphatic heterocycles. The lowest BCUT2D eigenvalue weighted by Crippen LogP contribution is -2.42. The molecule has 0 aliphatic carbocycles. The first-order valence-corrected chi connectivity index (χ1v) is 5.17. The molecule has 6 heteroatoms. The molecule has 4 nitrogen and oxygen atoms in total. The van der Waals surface area contributed by atoms with Crippen LogP contribution < -0.4 is 10.4 Å². The monoisotopic (exact) mass is 294 g/mol. The number of rotatable bonds is 0. The highest BCUT2D eigenvalue weighted by molar-refractivity contribution is 9.13. The van der Waals surface area contributed by atoms with E-state index >= 15 is 0 Å². The van der Waals surface area contributed by atoms with Crippen LogP contribution in [0, 0.1) is 0 Å². The van der Waals surface area contributed by atoms with Gasteiger partial charge in [-0.1, -0.05) is 0 Å². The summed E-state index contributed by atoms with van der Waals surface area (Å²) in [6, 6.07) is 0. The normalized spacial score (nSPS) is 16.4. The SMILES string of the molecule is CN1NCCn2c1nc(Br)c2Br. The van der Waals surface area contributed by atoms with Crippen LogP contribution in [-0.4, -0.2) is 23.1 Å². The molecule has 0 fully saturated rings. The Bertz CT molecular complexity index is 309. The fraction of sp³-hybridized carbons (Fsp3) is 0.500. The maximum atomic E-state index is 4.33. The van der Waals surface area contributed by atoms with Crippen LogP contribution in [0.5, 0.6) is 0 Å². The second-order valence-corrected chi connectivity index (χ2v) is 4.11. The smallest absolute Gasteiger partial charge is 0.221 e. The van der Waals surface area contributed by atoms with E-state index < -0.39 is 0 Å². The third-order valence-electron chi connectivity index (χ3n) is 1.83. The van der Waals surface area contributed by atoms with E-state index in [-0.39, 0.29) is 0 Å². The fourth-order valence-corrected chi connectivity index (χ4v) is 2.05. The number of halogens is 2. The summed E-state index contributed by atoms with van der Waals surface area (Å²) in [4.78, 5) is 4.33. The predicted octanol–water partition coefficient (Wildman–Crippen LogP) is 1.36. The van der Waals surface area contributed by atoms with Crippen molar-refractivity contribution in [1.82, 2.24) is 15.0 Å². The predicted molar refractivity (Wildman–Crippen MR) is 54.0 cm³/mol. The average Bonchev–Trinajstić information content (AvgIpc) is 2.32. The second kappa shape index (κ2) is 3.01. The molecule has 12 heavy (non-hydrogen) atoms. The van der Waals surface area contributed by atoms with E-state index in [9.17, 15) is 0 Å². The number of nitrogens with zero attached hydrogens (tertiary/aromatic N) is 3. The number of aromatic nitrogens is 2. The number of fused-ring (bicyclic) bond motifs is 1. The van der Waals surface area contributed by atoms with Crippen LogP contribution >= 0.6 is 31.9 Å². The van der Waals surface area contributed by atoms with Crippen molar-refractivity contribution in [2.45, 2.75) is 6.54 Å². The number of imidazole rings is 1. The van der Waals surface area contributed by atoms with E-state index in [1.807, 2.05) is 12.1 Å². The molecule has 0 atom stereocenters. The van der Waals surface area contributed by atoms with Crippen molar-refractivity contribution in [3.63, 3.8) is 0 Å². The molecule has 66 valence electrons. The van der Waals surface area contributed by atoms with Crippen LogP contribution in [-0.2, 0) is 6.54 Å². The number of hydrazine groups is 1.